The molecular formula is C27H35ClN2O6. The largest absolute Gasteiger partial charge is 0.481 e. The third kappa shape index (κ3) is 3.52. The Bertz CT molecular complexity index is 1090. The molecule has 3 heterocycles. The van der Waals surface area contributed by atoms with E-state index in [0.717, 1.165) is 5.56 Å². The number of hydrogen-bond acceptors (Lipinski definition) is 5. The molecule has 0 saturated carbocycles. The van der Waals surface area contributed by atoms with Crippen molar-refractivity contribution in [3.63, 3.8) is 0 Å². The maximum absolute atomic E-state index is 14.6. The van der Waals surface area contributed by atoms with Crippen molar-refractivity contribution in [3.05, 3.63) is 41.4 Å². The Morgan fingerprint density at radius 1 is 1.39 bits per heavy atom. The van der Waals surface area contributed by atoms with E-state index < -0.39 is 52.9 Å². The van der Waals surface area contributed by atoms with Crippen LogP contribution in [-0.2, 0) is 19.1 Å². The number of para-hydroxylation sites is 1. The smallest absolute Gasteiger partial charge is 0.310 e. The van der Waals surface area contributed by atoms with Gasteiger partial charge in [0.1, 0.15) is 17.6 Å². The molecule has 7 atom stereocenters. The van der Waals surface area contributed by atoms with Gasteiger partial charge in [0.15, 0.2) is 0 Å². The molecule has 0 radical (unpaired) electrons. The van der Waals surface area contributed by atoms with Crippen molar-refractivity contribution < 1.29 is 29.3 Å². The summed E-state index contributed by atoms with van der Waals surface area (Å²) in [7, 11) is 0. The van der Waals surface area contributed by atoms with Crippen molar-refractivity contribution in [2.24, 2.45) is 23.7 Å². The number of carboxylic acids is 1. The van der Waals surface area contributed by atoms with Crippen LogP contribution >= 0.6 is 11.6 Å². The fourth-order valence-electron chi connectivity index (χ4n) is 6.84. The van der Waals surface area contributed by atoms with Crippen molar-refractivity contribution in [1.82, 2.24) is 4.90 Å². The third-order valence-corrected chi connectivity index (χ3v) is 8.91. The number of carbonyl (C=O) groups excluding carboxylic acids is 2. The Labute approximate surface area is 216 Å². The zero-order chi connectivity index (χ0) is 26.7. The van der Waals surface area contributed by atoms with Crippen molar-refractivity contribution in [2.45, 2.75) is 64.3 Å². The van der Waals surface area contributed by atoms with Gasteiger partial charge in [-0.2, -0.15) is 0 Å². The van der Waals surface area contributed by atoms with E-state index >= 15 is 0 Å². The topological polar surface area (TPSA) is 107 Å². The number of benzene rings is 1. The summed E-state index contributed by atoms with van der Waals surface area (Å²) in [5, 5.41) is 20.9. The highest BCUT2D eigenvalue weighted by Crippen LogP contribution is 2.65. The standard InChI is InChI=1S/C27H35ClN2O6/c1-7-11-29(21-15(4)9-8-10-17(21)28)24(33)22-27-12-16(5)26(6,36-27)20(25(34)35)19(27)23(32)30(22)18(13-31)14(2)3/h7-10,14,16,18-20,22,31H,1,11-13H2,2-6H3,(H,34,35)/t16?,18-,19-,20+,22?,26-,27?/m0/s1. The number of likely N-dealkylation sites (tertiary alicyclic amines) is 1. The highest BCUT2D eigenvalue weighted by Gasteiger charge is 2.80. The molecule has 1 spiro atoms. The summed E-state index contributed by atoms with van der Waals surface area (Å²) in [6.45, 7) is 12.8. The third-order valence-electron chi connectivity index (χ3n) is 8.60. The molecule has 0 aliphatic carbocycles. The number of aryl methyl sites for hydroxylation is 1. The summed E-state index contributed by atoms with van der Waals surface area (Å²) < 4.78 is 6.56. The Balaban J connectivity index is 1.93. The second kappa shape index (κ2) is 9.15. The lowest BCUT2D eigenvalue weighted by Gasteiger charge is -2.41. The van der Waals surface area contributed by atoms with E-state index in [0.29, 0.717) is 17.1 Å². The lowest BCUT2D eigenvalue weighted by molar-refractivity contribution is -0.158. The average molecular weight is 519 g/mol. The maximum Gasteiger partial charge on any atom is 0.310 e. The van der Waals surface area contributed by atoms with Crippen LogP contribution in [0.4, 0.5) is 5.69 Å². The van der Waals surface area contributed by atoms with Gasteiger partial charge in [-0.05, 0) is 43.7 Å². The minimum absolute atomic E-state index is 0.128. The molecule has 2 N–H and O–H groups in total. The summed E-state index contributed by atoms with van der Waals surface area (Å²) in [5.41, 5.74) is -1.15. The molecule has 0 aromatic heterocycles. The molecule has 3 unspecified atom stereocenters. The van der Waals surface area contributed by atoms with Crippen LogP contribution in [0.3, 0.4) is 0 Å². The van der Waals surface area contributed by atoms with Gasteiger partial charge in [0.2, 0.25) is 5.91 Å². The lowest BCUT2D eigenvalue weighted by Crippen LogP contribution is -2.60. The summed E-state index contributed by atoms with van der Waals surface area (Å²) in [4.78, 5) is 44.0. The van der Waals surface area contributed by atoms with Gasteiger partial charge < -0.3 is 24.7 Å². The molecule has 1 aromatic rings. The molecule has 4 rings (SSSR count). The van der Waals surface area contributed by atoms with Gasteiger partial charge in [0, 0.05) is 6.54 Å². The molecule has 3 saturated heterocycles. The lowest BCUT2D eigenvalue weighted by atomic mass is 9.62. The van der Waals surface area contributed by atoms with Crippen LogP contribution in [0.25, 0.3) is 0 Å². The van der Waals surface area contributed by atoms with E-state index in [4.69, 9.17) is 16.3 Å². The van der Waals surface area contributed by atoms with Crippen LogP contribution in [0.2, 0.25) is 5.02 Å². The molecule has 2 bridgehead atoms. The minimum Gasteiger partial charge on any atom is -0.481 e. The van der Waals surface area contributed by atoms with Crippen LogP contribution in [0.5, 0.6) is 0 Å². The minimum atomic E-state index is -1.33. The molecule has 3 aliphatic heterocycles. The second-order valence-electron chi connectivity index (χ2n) is 10.9. The summed E-state index contributed by atoms with van der Waals surface area (Å²) in [6.07, 6.45) is 1.94. The van der Waals surface area contributed by atoms with Crippen molar-refractivity contribution in [1.29, 1.82) is 0 Å². The summed E-state index contributed by atoms with van der Waals surface area (Å²) in [6, 6.07) is 3.51. The van der Waals surface area contributed by atoms with E-state index in [-0.39, 0.29) is 25.0 Å². The Hall–Kier alpha value is -2.42. The second-order valence-corrected chi connectivity index (χ2v) is 11.3. The van der Waals surface area contributed by atoms with Gasteiger partial charge in [0.05, 0.1) is 34.9 Å². The highest BCUT2D eigenvalue weighted by molar-refractivity contribution is 6.34. The van der Waals surface area contributed by atoms with Gasteiger partial charge in [-0.1, -0.05) is 50.6 Å². The number of fused-ring (bicyclic) bond motifs is 1. The zero-order valence-electron chi connectivity index (χ0n) is 21.4. The first-order valence-corrected chi connectivity index (χ1v) is 12.8. The number of halogens is 1. The maximum atomic E-state index is 14.6. The first-order chi connectivity index (χ1) is 16.9. The normalized spacial score (nSPS) is 33.7. The first kappa shape index (κ1) is 26.6. The predicted molar refractivity (Wildman–Crippen MR) is 136 cm³/mol. The van der Waals surface area contributed by atoms with Crippen LogP contribution in [0, 0.1) is 30.6 Å². The first-order valence-electron chi connectivity index (χ1n) is 12.4. The predicted octanol–water partition coefficient (Wildman–Crippen LogP) is 3.28. The molecule has 1 aromatic carbocycles. The number of aliphatic hydroxyl groups excluding tert-OH is 1. The van der Waals surface area contributed by atoms with Crippen molar-refractivity contribution in [3.8, 4) is 0 Å². The SMILES string of the molecule is C=CCN(C(=O)C1N([C@@H](CO)C(C)C)C(=O)[C@@H]2[C@H](C(=O)O)[C@@]3(C)OC12CC3C)c1c(C)cccc1Cl. The quantitative estimate of drug-likeness (QED) is 0.511. The Kier molecular flexibility index (Phi) is 6.77. The monoisotopic (exact) mass is 518 g/mol. The van der Waals surface area contributed by atoms with Crippen LogP contribution in [0.1, 0.15) is 39.7 Å². The van der Waals surface area contributed by atoms with Gasteiger partial charge in [-0.25, -0.2) is 0 Å². The molecule has 8 nitrogen and oxygen atoms in total. The molecule has 3 fully saturated rings. The highest BCUT2D eigenvalue weighted by atomic mass is 35.5. The fourth-order valence-corrected chi connectivity index (χ4v) is 7.17. The molecule has 3 aliphatic rings. The number of amides is 2. The van der Waals surface area contributed by atoms with Crippen LogP contribution in [0.15, 0.2) is 30.9 Å². The van der Waals surface area contributed by atoms with Crippen LogP contribution in [-0.4, -0.2) is 69.3 Å². The average Bonchev–Trinajstić information content (AvgIpc) is 3.30. The van der Waals surface area contributed by atoms with E-state index in [9.17, 15) is 24.6 Å². The number of rotatable bonds is 8. The van der Waals surface area contributed by atoms with Gasteiger partial charge >= 0.3 is 5.97 Å². The molecule has 2 amide bonds. The Morgan fingerprint density at radius 2 is 2.06 bits per heavy atom. The fraction of sp³-hybridized carbons (Fsp3) is 0.593. The molecule has 36 heavy (non-hydrogen) atoms. The van der Waals surface area contributed by atoms with E-state index in [1.165, 1.54) is 9.80 Å². The van der Waals surface area contributed by atoms with Crippen LogP contribution < -0.4 is 4.90 Å². The van der Waals surface area contributed by atoms with Gasteiger partial charge in [-0.15, -0.1) is 6.58 Å². The number of anilines is 1. The zero-order valence-corrected chi connectivity index (χ0v) is 22.2. The number of hydrogen-bond donors (Lipinski definition) is 2. The summed E-state index contributed by atoms with van der Waals surface area (Å²) in [5.74, 6) is -4.52. The number of aliphatic carboxylic acids is 1. The van der Waals surface area contributed by atoms with Gasteiger partial charge in [-0.3, -0.25) is 14.4 Å². The molecule has 196 valence electrons. The van der Waals surface area contributed by atoms with E-state index in [1.54, 1.807) is 25.1 Å². The van der Waals surface area contributed by atoms with E-state index in [1.807, 2.05) is 33.8 Å². The summed E-state index contributed by atoms with van der Waals surface area (Å²) >= 11 is 6.56. The number of nitrogens with zero attached hydrogens (tertiary/aromatic N) is 2. The number of ether oxygens (including phenoxy) is 1. The molecule has 9 heteroatoms. The number of carbonyl (C=O) groups is 3. The van der Waals surface area contributed by atoms with E-state index in [2.05, 4.69) is 6.58 Å². The van der Waals surface area contributed by atoms with Crippen molar-refractivity contribution >= 4 is 35.1 Å². The number of aliphatic hydroxyl groups is 1. The Morgan fingerprint density at radius 3 is 2.58 bits per heavy atom. The number of carboxylic acid groups (broad SMARTS) is 1. The van der Waals surface area contributed by atoms with Crippen molar-refractivity contribution in [2.75, 3.05) is 18.1 Å². The molecular weight excluding hydrogens is 484 g/mol. The van der Waals surface area contributed by atoms with Gasteiger partial charge in [0.25, 0.3) is 5.91 Å².